The zero-order valence-electron chi connectivity index (χ0n) is 20.6. The first-order chi connectivity index (χ1) is 16.8. The molecule has 2 aliphatic rings. The summed E-state index contributed by atoms with van der Waals surface area (Å²) in [7, 11) is -0.114. The molecule has 1 atom stereocenters. The van der Waals surface area contributed by atoms with Crippen molar-refractivity contribution < 1.29 is 22.7 Å². The van der Waals surface area contributed by atoms with Crippen LogP contribution in [0.3, 0.4) is 0 Å². The van der Waals surface area contributed by atoms with Crippen molar-refractivity contribution in [2.75, 3.05) is 60.0 Å². The minimum Gasteiger partial charge on any atom is -0.497 e. The molecule has 2 aromatic carbocycles. The smallest absolute Gasteiger partial charge is 0.243 e. The summed E-state index contributed by atoms with van der Waals surface area (Å²) in [4.78, 5) is 17.7. The number of nitrogens with zero attached hydrogens (tertiary/aromatic N) is 3. The van der Waals surface area contributed by atoms with Crippen LogP contribution >= 0.6 is 0 Å². The lowest BCUT2D eigenvalue weighted by Gasteiger charge is -2.43. The van der Waals surface area contributed by atoms with Crippen molar-refractivity contribution >= 4 is 15.9 Å². The Morgan fingerprint density at radius 1 is 0.943 bits per heavy atom. The normalized spacial score (nSPS) is 22.1. The van der Waals surface area contributed by atoms with E-state index in [2.05, 4.69) is 11.9 Å². The summed E-state index contributed by atoms with van der Waals surface area (Å²) in [5, 5.41) is 0. The molecule has 2 aromatic rings. The van der Waals surface area contributed by atoms with Gasteiger partial charge in [-0.15, -0.1) is 0 Å². The number of ether oxygens (including phenoxy) is 2. The maximum Gasteiger partial charge on any atom is 0.243 e. The molecule has 35 heavy (non-hydrogen) atoms. The highest BCUT2D eigenvalue weighted by molar-refractivity contribution is 7.89. The minimum absolute atomic E-state index is 0.0680. The molecule has 0 aliphatic carbocycles. The molecule has 190 valence electrons. The van der Waals surface area contributed by atoms with Gasteiger partial charge >= 0.3 is 0 Å². The molecule has 0 spiro atoms. The highest BCUT2D eigenvalue weighted by Crippen LogP contribution is 2.37. The van der Waals surface area contributed by atoms with Crippen molar-refractivity contribution in [1.29, 1.82) is 0 Å². The minimum atomic E-state index is -3.72. The summed E-state index contributed by atoms with van der Waals surface area (Å²) in [5.41, 5.74) is -0.603. The molecular formula is C26H35N3O5S. The highest BCUT2D eigenvalue weighted by Gasteiger charge is 2.43. The van der Waals surface area contributed by atoms with Gasteiger partial charge in [0.2, 0.25) is 15.9 Å². The molecular weight excluding hydrogens is 466 g/mol. The number of likely N-dealkylation sites (N-methyl/N-ethyl adjacent to an activating group) is 1. The molecule has 2 heterocycles. The predicted molar refractivity (Wildman–Crippen MR) is 134 cm³/mol. The van der Waals surface area contributed by atoms with E-state index in [1.165, 1.54) is 4.31 Å². The Bertz CT molecular complexity index is 1090. The van der Waals surface area contributed by atoms with Crippen LogP contribution in [0.2, 0.25) is 0 Å². The molecule has 0 bridgehead atoms. The first-order valence-corrected chi connectivity index (χ1v) is 13.5. The van der Waals surface area contributed by atoms with Crippen molar-refractivity contribution in [2.45, 2.75) is 24.2 Å². The van der Waals surface area contributed by atoms with Gasteiger partial charge in [0, 0.05) is 51.1 Å². The fourth-order valence-electron chi connectivity index (χ4n) is 4.82. The average Bonchev–Trinajstić information content (AvgIpc) is 2.88. The van der Waals surface area contributed by atoms with Gasteiger partial charge < -0.3 is 19.3 Å². The van der Waals surface area contributed by atoms with E-state index >= 15 is 0 Å². The Morgan fingerprint density at radius 3 is 2.29 bits per heavy atom. The summed E-state index contributed by atoms with van der Waals surface area (Å²) in [6, 6.07) is 15.9. The number of benzene rings is 2. The summed E-state index contributed by atoms with van der Waals surface area (Å²) < 4.78 is 39.9. The largest absolute Gasteiger partial charge is 0.497 e. The van der Waals surface area contributed by atoms with Gasteiger partial charge in [0.1, 0.15) is 11.5 Å². The molecule has 0 radical (unpaired) electrons. The van der Waals surface area contributed by atoms with Gasteiger partial charge in [-0.25, -0.2) is 8.42 Å². The Labute approximate surface area is 208 Å². The number of para-hydroxylation sites is 1. The van der Waals surface area contributed by atoms with E-state index in [-0.39, 0.29) is 30.4 Å². The van der Waals surface area contributed by atoms with Crippen molar-refractivity contribution in [3.63, 3.8) is 0 Å². The van der Waals surface area contributed by atoms with Crippen LogP contribution < -0.4 is 9.47 Å². The molecule has 0 N–H and O–H groups in total. The van der Waals surface area contributed by atoms with Crippen LogP contribution in [0.4, 0.5) is 0 Å². The second kappa shape index (κ2) is 11.0. The Balaban J connectivity index is 1.55. The molecule has 2 fully saturated rings. The second-order valence-electron chi connectivity index (χ2n) is 9.58. The number of carbonyl (C=O) groups excluding carboxylic acids is 1. The third-order valence-electron chi connectivity index (χ3n) is 6.99. The fraction of sp³-hybridized carbons (Fsp3) is 0.500. The number of hydrogen-bond donors (Lipinski definition) is 0. The van der Waals surface area contributed by atoms with Gasteiger partial charge in [-0.2, -0.15) is 4.31 Å². The SMILES string of the molecule is COc1ccc(S(=O)(=O)N2CCC[C@@](COc3ccccc3)(CC(=O)N3CCN(C)CC3)C2)cc1. The lowest BCUT2D eigenvalue weighted by Crippen LogP contribution is -2.53. The van der Waals surface area contributed by atoms with Crippen LogP contribution in [-0.2, 0) is 14.8 Å². The molecule has 0 saturated carbocycles. The van der Waals surface area contributed by atoms with Gasteiger partial charge in [-0.05, 0) is 56.3 Å². The van der Waals surface area contributed by atoms with Gasteiger partial charge in [0.05, 0.1) is 18.6 Å². The maximum absolute atomic E-state index is 13.5. The molecule has 4 rings (SSSR count). The van der Waals surface area contributed by atoms with Crippen LogP contribution in [-0.4, -0.2) is 88.5 Å². The van der Waals surface area contributed by atoms with Crippen LogP contribution in [0.5, 0.6) is 11.5 Å². The Morgan fingerprint density at radius 2 is 1.63 bits per heavy atom. The molecule has 0 unspecified atom stereocenters. The van der Waals surface area contributed by atoms with Crippen LogP contribution in [0.25, 0.3) is 0 Å². The zero-order chi connectivity index (χ0) is 24.9. The molecule has 9 heteroatoms. The topological polar surface area (TPSA) is 79.4 Å². The number of hydrogen-bond acceptors (Lipinski definition) is 6. The number of piperidine rings is 1. The van der Waals surface area contributed by atoms with Gasteiger partial charge in [0.15, 0.2) is 0 Å². The van der Waals surface area contributed by atoms with Crippen molar-refractivity contribution in [3.8, 4) is 11.5 Å². The third kappa shape index (κ3) is 6.15. The van der Waals surface area contributed by atoms with E-state index in [4.69, 9.17) is 9.47 Å². The van der Waals surface area contributed by atoms with Gasteiger partial charge in [0.25, 0.3) is 0 Å². The number of rotatable bonds is 8. The fourth-order valence-corrected chi connectivity index (χ4v) is 6.41. The number of piperazine rings is 1. The number of carbonyl (C=O) groups is 1. The second-order valence-corrected chi connectivity index (χ2v) is 11.5. The zero-order valence-corrected chi connectivity index (χ0v) is 21.4. The third-order valence-corrected chi connectivity index (χ3v) is 8.85. The van der Waals surface area contributed by atoms with E-state index in [0.717, 1.165) is 19.5 Å². The first kappa shape index (κ1) is 25.5. The highest BCUT2D eigenvalue weighted by atomic mass is 32.2. The first-order valence-electron chi connectivity index (χ1n) is 12.1. The van der Waals surface area contributed by atoms with E-state index < -0.39 is 15.4 Å². The lowest BCUT2D eigenvalue weighted by molar-refractivity contribution is -0.136. The molecule has 2 saturated heterocycles. The maximum atomic E-state index is 13.5. The average molecular weight is 502 g/mol. The van der Waals surface area contributed by atoms with Crippen LogP contribution in [0, 0.1) is 5.41 Å². The van der Waals surface area contributed by atoms with Gasteiger partial charge in [-0.1, -0.05) is 18.2 Å². The standard InChI is InChI=1S/C26H35N3O5S/c1-27-15-17-28(18-16-27)25(30)19-26(21-34-23-7-4-3-5-8-23)13-6-14-29(20-26)35(31,32)24-11-9-22(33-2)10-12-24/h3-5,7-12H,6,13-21H2,1-2H3/t26-/m1/s1. The van der Waals surface area contributed by atoms with Crippen molar-refractivity contribution in [2.24, 2.45) is 5.41 Å². The molecule has 8 nitrogen and oxygen atoms in total. The van der Waals surface area contributed by atoms with Crippen LogP contribution in [0.1, 0.15) is 19.3 Å². The predicted octanol–water partition coefficient (Wildman–Crippen LogP) is 2.71. The lowest BCUT2D eigenvalue weighted by atomic mass is 9.78. The van der Waals surface area contributed by atoms with Gasteiger partial charge in [-0.3, -0.25) is 4.79 Å². The van der Waals surface area contributed by atoms with E-state index in [0.29, 0.717) is 37.6 Å². The van der Waals surface area contributed by atoms with Crippen molar-refractivity contribution in [1.82, 2.24) is 14.1 Å². The van der Waals surface area contributed by atoms with Crippen LogP contribution in [0.15, 0.2) is 59.5 Å². The van der Waals surface area contributed by atoms with Crippen molar-refractivity contribution in [3.05, 3.63) is 54.6 Å². The number of sulfonamides is 1. The van der Waals surface area contributed by atoms with E-state index in [9.17, 15) is 13.2 Å². The quantitative estimate of drug-likeness (QED) is 0.554. The monoisotopic (exact) mass is 501 g/mol. The Hall–Kier alpha value is -2.62. The molecule has 2 aliphatic heterocycles. The Kier molecular flexibility index (Phi) is 7.98. The molecule has 1 amide bonds. The molecule has 0 aromatic heterocycles. The summed E-state index contributed by atoms with van der Waals surface area (Å²) >= 11 is 0. The van der Waals surface area contributed by atoms with E-state index in [1.54, 1.807) is 31.4 Å². The summed E-state index contributed by atoms with van der Waals surface area (Å²) in [6.07, 6.45) is 1.66. The van der Waals surface area contributed by atoms with E-state index in [1.807, 2.05) is 35.2 Å². The number of methoxy groups -OCH3 is 1. The summed E-state index contributed by atoms with van der Waals surface area (Å²) in [5.74, 6) is 1.39. The summed E-state index contributed by atoms with van der Waals surface area (Å²) in [6.45, 7) is 4.02. The number of amides is 1.